The van der Waals surface area contributed by atoms with Crippen LogP contribution in [0, 0.1) is 0 Å². The van der Waals surface area contributed by atoms with Crippen molar-refractivity contribution >= 4 is 32.0 Å². The number of carboxylic acid groups (broad SMARTS) is 2. The summed E-state index contributed by atoms with van der Waals surface area (Å²) in [5.41, 5.74) is 0. The highest BCUT2D eigenvalue weighted by Crippen LogP contribution is 2.21. The van der Waals surface area contributed by atoms with Gasteiger partial charge in [0.05, 0.1) is 17.8 Å². The predicted molar refractivity (Wildman–Crippen MR) is 103 cm³/mol. The van der Waals surface area contributed by atoms with Gasteiger partial charge in [0.25, 0.3) is 0 Å². The SMILES string of the molecule is CCCS(=O)(=O)N1CCN(S(=O)(=O)c2ccc(OC)cc2)CC1.O=C(O)C(=O)O. The zero-order valence-corrected chi connectivity index (χ0v) is 17.6. The van der Waals surface area contributed by atoms with Gasteiger partial charge in [-0.1, -0.05) is 6.92 Å². The molecule has 1 aromatic rings. The molecule has 0 amide bonds. The van der Waals surface area contributed by atoms with E-state index < -0.39 is 32.0 Å². The van der Waals surface area contributed by atoms with Crippen LogP contribution in [-0.4, -0.2) is 86.6 Å². The maximum absolute atomic E-state index is 12.6. The van der Waals surface area contributed by atoms with Crippen LogP contribution in [0.3, 0.4) is 0 Å². The third kappa shape index (κ3) is 6.96. The lowest BCUT2D eigenvalue weighted by atomic mass is 10.3. The van der Waals surface area contributed by atoms with E-state index in [9.17, 15) is 16.8 Å². The predicted octanol–water partition coefficient (Wildman–Crippen LogP) is -0.103. The first kappa shape index (κ1) is 24.8. The molecule has 1 saturated heterocycles. The molecular weight excluding hydrogens is 428 g/mol. The number of benzene rings is 1. The van der Waals surface area contributed by atoms with Gasteiger partial charge in [0, 0.05) is 26.2 Å². The first-order chi connectivity index (χ1) is 13.5. The fourth-order valence-corrected chi connectivity index (χ4v) is 5.39. The van der Waals surface area contributed by atoms with E-state index in [1.54, 1.807) is 12.1 Å². The minimum atomic E-state index is -3.61. The second kappa shape index (κ2) is 10.5. The molecule has 0 atom stereocenters. The van der Waals surface area contributed by atoms with Gasteiger partial charge >= 0.3 is 11.9 Å². The van der Waals surface area contributed by atoms with Gasteiger partial charge in [-0.15, -0.1) is 0 Å². The number of carbonyl (C=O) groups is 2. The van der Waals surface area contributed by atoms with Crippen molar-refractivity contribution in [2.75, 3.05) is 39.0 Å². The Kier molecular flexibility index (Phi) is 9.01. The molecule has 1 aliphatic rings. The number of piperazine rings is 1. The molecule has 29 heavy (non-hydrogen) atoms. The maximum Gasteiger partial charge on any atom is 0.414 e. The Morgan fingerprint density at radius 3 is 1.76 bits per heavy atom. The number of hydrogen-bond donors (Lipinski definition) is 2. The molecule has 0 unspecified atom stereocenters. The van der Waals surface area contributed by atoms with E-state index in [4.69, 9.17) is 24.5 Å². The molecule has 0 saturated carbocycles. The van der Waals surface area contributed by atoms with E-state index >= 15 is 0 Å². The Balaban J connectivity index is 0.000000612. The molecule has 1 heterocycles. The quantitative estimate of drug-likeness (QED) is 0.562. The van der Waals surface area contributed by atoms with Gasteiger partial charge in [0.1, 0.15) is 5.75 Å². The minimum absolute atomic E-state index is 0.0955. The lowest BCUT2D eigenvalue weighted by Crippen LogP contribution is -2.50. The molecule has 1 fully saturated rings. The molecule has 1 aromatic carbocycles. The minimum Gasteiger partial charge on any atom is -0.497 e. The second-order valence-electron chi connectivity index (χ2n) is 5.90. The third-order valence-electron chi connectivity index (χ3n) is 3.93. The number of carboxylic acids is 2. The molecule has 0 spiro atoms. The van der Waals surface area contributed by atoms with Crippen molar-refractivity contribution < 1.29 is 41.4 Å². The molecule has 0 aromatic heterocycles. The smallest absolute Gasteiger partial charge is 0.414 e. The zero-order valence-electron chi connectivity index (χ0n) is 16.0. The topological polar surface area (TPSA) is 159 Å². The summed E-state index contributed by atoms with van der Waals surface area (Å²) < 4.78 is 56.9. The average Bonchev–Trinajstić information content (AvgIpc) is 2.68. The van der Waals surface area contributed by atoms with Gasteiger partial charge in [-0.2, -0.15) is 8.61 Å². The van der Waals surface area contributed by atoms with Crippen LogP contribution in [-0.2, 0) is 29.6 Å². The summed E-state index contributed by atoms with van der Waals surface area (Å²) in [6, 6.07) is 6.17. The number of ether oxygens (including phenoxy) is 1. The molecule has 0 aliphatic carbocycles. The van der Waals surface area contributed by atoms with Crippen LogP contribution in [0.1, 0.15) is 13.3 Å². The number of aliphatic carboxylic acids is 2. The average molecular weight is 453 g/mol. The van der Waals surface area contributed by atoms with Gasteiger partial charge in [-0.05, 0) is 30.7 Å². The van der Waals surface area contributed by atoms with E-state index in [-0.39, 0.29) is 36.8 Å². The number of methoxy groups -OCH3 is 1. The summed E-state index contributed by atoms with van der Waals surface area (Å²) >= 11 is 0. The molecule has 2 rings (SSSR count). The number of nitrogens with zero attached hydrogens (tertiary/aromatic N) is 2. The van der Waals surface area contributed by atoms with Gasteiger partial charge < -0.3 is 14.9 Å². The van der Waals surface area contributed by atoms with Crippen LogP contribution in [0.15, 0.2) is 29.2 Å². The zero-order chi connectivity index (χ0) is 22.2. The summed E-state index contributed by atoms with van der Waals surface area (Å²) in [6.07, 6.45) is 0.548. The van der Waals surface area contributed by atoms with Gasteiger partial charge in [-0.3, -0.25) is 0 Å². The van der Waals surface area contributed by atoms with Crippen molar-refractivity contribution in [2.45, 2.75) is 18.2 Å². The first-order valence-electron chi connectivity index (χ1n) is 8.54. The lowest BCUT2D eigenvalue weighted by molar-refractivity contribution is -0.159. The van der Waals surface area contributed by atoms with E-state index in [1.807, 2.05) is 6.92 Å². The Hall–Kier alpha value is -2.22. The highest BCUT2D eigenvalue weighted by Gasteiger charge is 2.32. The fourth-order valence-electron chi connectivity index (χ4n) is 2.47. The molecule has 1 aliphatic heterocycles. The van der Waals surface area contributed by atoms with Gasteiger partial charge in [-0.25, -0.2) is 26.4 Å². The Labute approximate surface area is 169 Å². The summed E-state index contributed by atoms with van der Waals surface area (Å²) in [5, 5.41) is 14.8. The van der Waals surface area contributed by atoms with Crippen LogP contribution in [0.4, 0.5) is 0 Å². The number of sulfonamides is 2. The van der Waals surface area contributed by atoms with Crippen molar-refractivity contribution in [2.24, 2.45) is 0 Å². The van der Waals surface area contributed by atoms with Crippen LogP contribution >= 0.6 is 0 Å². The standard InChI is InChI=1S/C14H22N2O5S2.C2H2O4/c1-3-12-22(17,18)15-8-10-16(11-9-15)23(19,20)14-6-4-13(21-2)5-7-14;3-1(4)2(5)6/h4-7H,3,8-12H2,1-2H3;(H,3,4)(H,5,6). The lowest BCUT2D eigenvalue weighted by Gasteiger charge is -2.33. The monoisotopic (exact) mass is 452 g/mol. The summed E-state index contributed by atoms with van der Waals surface area (Å²) in [6.45, 7) is 2.52. The number of hydrogen-bond acceptors (Lipinski definition) is 7. The van der Waals surface area contributed by atoms with Gasteiger partial charge in [0.15, 0.2) is 0 Å². The molecule has 0 bridgehead atoms. The summed E-state index contributed by atoms with van der Waals surface area (Å²) in [7, 11) is -5.38. The Bertz CT molecular complexity index is 892. The molecular formula is C16H24N2O9S2. The molecule has 13 heteroatoms. The maximum atomic E-state index is 12.6. The van der Waals surface area contributed by atoms with E-state index in [1.165, 1.54) is 27.9 Å². The van der Waals surface area contributed by atoms with Crippen molar-refractivity contribution in [3.63, 3.8) is 0 Å². The first-order valence-corrected chi connectivity index (χ1v) is 11.6. The van der Waals surface area contributed by atoms with Crippen molar-refractivity contribution in [1.82, 2.24) is 8.61 Å². The Morgan fingerprint density at radius 2 is 1.38 bits per heavy atom. The van der Waals surface area contributed by atoms with Crippen molar-refractivity contribution in [3.05, 3.63) is 24.3 Å². The third-order valence-corrected chi connectivity index (χ3v) is 7.92. The number of rotatable bonds is 6. The molecule has 2 N–H and O–H groups in total. The van der Waals surface area contributed by atoms with Crippen LogP contribution < -0.4 is 4.74 Å². The molecule has 11 nitrogen and oxygen atoms in total. The summed E-state index contributed by atoms with van der Waals surface area (Å²) in [5.74, 6) is -2.97. The van der Waals surface area contributed by atoms with Gasteiger partial charge in [0.2, 0.25) is 20.0 Å². The highest BCUT2D eigenvalue weighted by molar-refractivity contribution is 7.89. The van der Waals surface area contributed by atoms with Crippen LogP contribution in [0.25, 0.3) is 0 Å². The van der Waals surface area contributed by atoms with Crippen molar-refractivity contribution in [1.29, 1.82) is 0 Å². The largest absolute Gasteiger partial charge is 0.497 e. The molecule has 0 radical (unpaired) electrons. The molecule has 164 valence electrons. The highest BCUT2D eigenvalue weighted by atomic mass is 32.2. The van der Waals surface area contributed by atoms with Crippen LogP contribution in [0.5, 0.6) is 5.75 Å². The normalized spacial score (nSPS) is 15.8. The van der Waals surface area contributed by atoms with E-state index in [0.29, 0.717) is 12.2 Å². The van der Waals surface area contributed by atoms with Crippen LogP contribution in [0.2, 0.25) is 0 Å². The second-order valence-corrected chi connectivity index (χ2v) is 9.93. The van der Waals surface area contributed by atoms with E-state index in [2.05, 4.69) is 0 Å². The van der Waals surface area contributed by atoms with E-state index in [0.717, 1.165) is 0 Å². The summed E-state index contributed by atoms with van der Waals surface area (Å²) in [4.78, 5) is 18.4. The Morgan fingerprint density at radius 1 is 0.931 bits per heavy atom. The van der Waals surface area contributed by atoms with Crippen molar-refractivity contribution in [3.8, 4) is 5.75 Å². The fraction of sp³-hybridized carbons (Fsp3) is 0.500.